The van der Waals surface area contributed by atoms with Gasteiger partial charge in [-0.15, -0.1) is 11.3 Å². The second-order valence-electron chi connectivity index (χ2n) is 10.4. The maximum Gasteiger partial charge on any atom is 0.303 e. The van der Waals surface area contributed by atoms with Crippen LogP contribution in [-0.4, -0.2) is 60.0 Å². The first-order chi connectivity index (χ1) is 20.8. The molecule has 0 bridgehead atoms. The van der Waals surface area contributed by atoms with Crippen LogP contribution in [0.15, 0.2) is 54.6 Å². The molecule has 2 heterocycles. The van der Waals surface area contributed by atoms with Crippen LogP contribution in [0.4, 0.5) is 4.39 Å². The average Bonchev–Trinajstić information content (AvgIpc) is 3.40. The molecule has 1 aromatic heterocycles. The van der Waals surface area contributed by atoms with Gasteiger partial charge in [-0.05, 0) is 53.9 Å². The Balaban J connectivity index is 1.75. The molecule has 1 unspecified atom stereocenters. The molecule has 1 N–H and O–H groups in total. The number of ether oxygens (including phenoxy) is 5. The molecule has 0 radical (unpaired) electrons. The van der Waals surface area contributed by atoms with E-state index in [9.17, 15) is 28.7 Å². The quantitative estimate of drug-likeness (QED) is 0.269. The molecule has 234 valence electrons. The van der Waals surface area contributed by atoms with Crippen LogP contribution in [-0.2, 0) is 55.1 Å². The number of halogens is 1. The summed E-state index contributed by atoms with van der Waals surface area (Å²) in [5, 5.41) is 12.2. The number of carbonyl (C=O) groups excluding carboxylic acids is 4. The van der Waals surface area contributed by atoms with Gasteiger partial charge >= 0.3 is 23.9 Å². The summed E-state index contributed by atoms with van der Waals surface area (Å²) in [5.41, 5.74) is 2.72. The lowest BCUT2D eigenvalue weighted by molar-refractivity contribution is -0.360. The van der Waals surface area contributed by atoms with Crippen LogP contribution in [0.1, 0.15) is 49.3 Å². The van der Waals surface area contributed by atoms with Crippen LogP contribution in [0.3, 0.4) is 0 Å². The molecule has 4 rings (SSSR count). The molecule has 1 fully saturated rings. The molecule has 1 saturated heterocycles. The zero-order chi connectivity index (χ0) is 32.2. The van der Waals surface area contributed by atoms with Crippen molar-refractivity contribution < 1.29 is 52.4 Å². The minimum atomic E-state index is -2.43. The highest BCUT2D eigenvalue weighted by molar-refractivity contribution is 7.15. The predicted molar refractivity (Wildman–Crippen MR) is 156 cm³/mol. The van der Waals surface area contributed by atoms with Gasteiger partial charge in [0, 0.05) is 49.4 Å². The zero-order valence-electron chi connectivity index (χ0n) is 24.8. The standard InChI is InChI=1S/C32H33FO10S/c1-17-6-9-24(14-23(17)15-26-12-13-28(44-26)22-7-10-25(33)11-8-22)32(38)31(42-21(5)37)30(41-20(4)36)29(40-19(3)35)27(43-32)16-39-18(2)34/h6-14,27,29-31,38H,15-16H2,1-5H3/t27-,29-,30+,31-,32?/m1/s1. The zero-order valence-corrected chi connectivity index (χ0v) is 25.6. The van der Waals surface area contributed by atoms with Gasteiger partial charge in [-0.3, -0.25) is 19.2 Å². The lowest BCUT2D eigenvalue weighted by atomic mass is 9.86. The fourth-order valence-electron chi connectivity index (χ4n) is 5.03. The van der Waals surface area contributed by atoms with E-state index in [0.717, 1.165) is 47.2 Å². The molecule has 44 heavy (non-hydrogen) atoms. The number of esters is 4. The van der Waals surface area contributed by atoms with Gasteiger partial charge in [0.05, 0.1) is 0 Å². The van der Waals surface area contributed by atoms with Gasteiger partial charge < -0.3 is 28.8 Å². The van der Waals surface area contributed by atoms with E-state index in [4.69, 9.17) is 23.7 Å². The number of hydrogen-bond donors (Lipinski definition) is 1. The highest BCUT2D eigenvalue weighted by atomic mass is 32.1. The Hall–Kier alpha value is -4.13. The molecule has 10 nitrogen and oxygen atoms in total. The van der Waals surface area contributed by atoms with Crippen molar-refractivity contribution in [2.75, 3.05) is 6.61 Å². The van der Waals surface area contributed by atoms with Crippen LogP contribution < -0.4 is 0 Å². The summed E-state index contributed by atoms with van der Waals surface area (Å²) < 4.78 is 41.0. The summed E-state index contributed by atoms with van der Waals surface area (Å²) in [6, 6.07) is 15.1. The van der Waals surface area contributed by atoms with Gasteiger partial charge in [0.1, 0.15) is 18.5 Å². The highest BCUT2D eigenvalue weighted by Gasteiger charge is 2.60. The maximum atomic E-state index is 13.4. The third-order valence-electron chi connectivity index (χ3n) is 6.97. The van der Waals surface area contributed by atoms with E-state index < -0.39 is 60.7 Å². The smallest absolute Gasteiger partial charge is 0.303 e. The van der Waals surface area contributed by atoms with Crippen molar-refractivity contribution in [3.05, 3.63) is 82.0 Å². The van der Waals surface area contributed by atoms with Gasteiger partial charge in [0.2, 0.25) is 11.9 Å². The number of aliphatic hydroxyl groups is 1. The predicted octanol–water partition coefficient (Wildman–Crippen LogP) is 4.36. The van der Waals surface area contributed by atoms with Crippen LogP contribution in [0.5, 0.6) is 0 Å². The SMILES string of the molecule is CC(=O)OC[C@H]1OC(O)(c2ccc(C)c(Cc3ccc(-c4ccc(F)cc4)s3)c2)[C@H](OC(C)=O)[C@@H](OC(C)=O)[C@@H]1OC(C)=O. The highest BCUT2D eigenvalue weighted by Crippen LogP contribution is 2.42. The Morgan fingerprint density at radius 1 is 0.864 bits per heavy atom. The number of hydrogen-bond acceptors (Lipinski definition) is 11. The van der Waals surface area contributed by atoms with E-state index in [1.165, 1.54) is 30.4 Å². The molecule has 0 spiro atoms. The molecule has 2 aromatic carbocycles. The Bertz CT molecular complexity index is 1530. The van der Waals surface area contributed by atoms with Crippen molar-refractivity contribution >= 4 is 35.2 Å². The minimum absolute atomic E-state index is 0.158. The van der Waals surface area contributed by atoms with Crippen LogP contribution in [0.2, 0.25) is 0 Å². The van der Waals surface area contributed by atoms with E-state index in [2.05, 4.69) is 0 Å². The summed E-state index contributed by atoms with van der Waals surface area (Å²) >= 11 is 1.53. The first kappa shape index (κ1) is 32.8. The van der Waals surface area contributed by atoms with Crippen molar-refractivity contribution in [2.24, 2.45) is 0 Å². The maximum absolute atomic E-state index is 13.4. The van der Waals surface area contributed by atoms with Crippen molar-refractivity contribution in [1.82, 2.24) is 0 Å². The molecule has 5 atom stereocenters. The average molecular weight is 629 g/mol. The van der Waals surface area contributed by atoms with Crippen LogP contribution >= 0.6 is 11.3 Å². The van der Waals surface area contributed by atoms with E-state index in [1.807, 2.05) is 19.1 Å². The van der Waals surface area contributed by atoms with E-state index in [-0.39, 0.29) is 11.4 Å². The first-order valence-corrected chi connectivity index (χ1v) is 14.6. The minimum Gasteiger partial charge on any atom is -0.463 e. The molecule has 12 heteroatoms. The lowest BCUT2D eigenvalue weighted by Gasteiger charge is -2.48. The Kier molecular flexibility index (Phi) is 10.2. The Morgan fingerprint density at radius 2 is 1.50 bits per heavy atom. The summed E-state index contributed by atoms with van der Waals surface area (Å²) in [4.78, 5) is 50.1. The molecule has 0 saturated carbocycles. The van der Waals surface area contributed by atoms with Gasteiger partial charge in [-0.25, -0.2) is 4.39 Å². The lowest BCUT2D eigenvalue weighted by Crippen LogP contribution is -2.66. The second-order valence-corrected chi connectivity index (χ2v) is 11.6. The second kappa shape index (κ2) is 13.7. The van der Waals surface area contributed by atoms with Crippen LogP contribution in [0, 0.1) is 12.7 Å². The number of benzene rings is 2. The van der Waals surface area contributed by atoms with Crippen LogP contribution in [0.25, 0.3) is 10.4 Å². The van der Waals surface area contributed by atoms with Gasteiger partial charge in [0.15, 0.2) is 12.2 Å². The van der Waals surface area contributed by atoms with Gasteiger partial charge in [-0.2, -0.15) is 0 Å². The molecular weight excluding hydrogens is 595 g/mol. The Labute approximate surface area is 257 Å². The molecular formula is C32H33FO10S. The summed E-state index contributed by atoms with van der Waals surface area (Å²) in [6.45, 7) is 5.92. The molecule has 1 aliphatic rings. The fraction of sp³-hybridized carbons (Fsp3) is 0.375. The van der Waals surface area contributed by atoms with E-state index in [1.54, 1.807) is 30.3 Å². The van der Waals surface area contributed by atoms with Crippen molar-refractivity contribution in [1.29, 1.82) is 0 Å². The summed E-state index contributed by atoms with van der Waals surface area (Å²) in [7, 11) is 0. The summed E-state index contributed by atoms with van der Waals surface area (Å²) in [6.07, 6.45) is -5.46. The Morgan fingerprint density at radius 3 is 2.11 bits per heavy atom. The number of carbonyl (C=O) groups is 4. The molecule has 1 aliphatic heterocycles. The molecule has 0 amide bonds. The normalized spacial score (nSPS) is 23.0. The van der Waals surface area contributed by atoms with E-state index in [0.29, 0.717) is 6.42 Å². The largest absolute Gasteiger partial charge is 0.463 e. The monoisotopic (exact) mass is 628 g/mol. The van der Waals surface area contributed by atoms with Crippen molar-refractivity contribution in [3.8, 4) is 10.4 Å². The molecule has 3 aromatic rings. The van der Waals surface area contributed by atoms with Crippen molar-refractivity contribution in [2.45, 2.75) is 71.2 Å². The number of thiophene rings is 1. The topological polar surface area (TPSA) is 135 Å². The third-order valence-corrected chi connectivity index (χ3v) is 8.11. The van der Waals surface area contributed by atoms with Crippen molar-refractivity contribution in [3.63, 3.8) is 0 Å². The summed E-state index contributed by atoms with van der Waals surface area (Å²) in [5.74, 6) is -5.82. The fourth-order valence-corrected chi connectivity index (χ4v) is 6.06. The number of rotatable bonds is 9. The molecule has 0 aliphatic carbocycles. The first-order valence-electron chi connectivity index (χ1n) is 13.8. The van der Waals surface area contributed by atoms with Gasteiger partial charge in [0.25, 0.3) is 0 Å². The third kappa shape index (κ3) is 7.68. The van der Waals surface area contributed by atoms with Gasteiger partial charge in [-0.1, -0.05) is 24.3 Å². The number of aryl methyl sites for hydroxylation is 1. The van der Waals surface area contributed by atoms with E-state index >= 15 is 0 Å².